The number of fused-ring (bicyclic) bond motifs is 2. The molecule has 100 valence electrons. The van der Waals surface area contributed by atoms with Gasteiger partial charge in [0.05, 0.1) is 0 Å². The minimum atomic E-state index is 0.569. The van der Waals surface area contributed by atoms with Gasteiger partial charge < -0.3 is 0 Å². The molecule has 1 fully saturated rings. The van der Waals surface area contributed by atoms with Gasteiger partial charge in [-0.05, 0) is 29.9 Å². The summed E-state index contributed by atoms with van der Waals surface area (Å²) in [6, 6.07) is 10.2. The Morgan fingerprint density at radius 1 is 1.21 bits per heavy atom. The monoisotopic (exact) mass is 253 g/mol. The average Bonchev–Trinajstić information content (AvgIpc) is 2.42. The Balaban J connectivity index is 2.08. The highest BCUT2D eigenvalue weighted by Gasteiger charge is 2.47. The SMILES string of the molecule is C=CC[C@H]1[C@H]2c3ccccc3[C@@H](C[C@@H]2C)N1CC=C. The van der Waals surface area contributed by atoms with E-state index in [1.807, 2.05) is 6.08 Å². The molecule has 1 aromatic carbocycles. The van der Waals surface area contributed by atoms with Crippen LogP contribution in [0.1, 0.15) is 42.9 Å². The summed E-state index contributed by atoms with van der Waals surface area (Å²) in [5, 5.41) is 0. The van der Waals surface area contributed by atoms with E-state index >= 15 is 0 Å². The lowest BCUT2D eigenvalue weighted by Crippen LogP contribution is -2.52. The number of rotatable bonds is 4. The van der Waals surface area contributed by atoms with Crippen LogP contribution < -0.4 is 0 Å². The van der Waals surface area contributed by atoms with Gasteiger partial charge in [0.15, 0.2) is 0 Å². The number of hydrogen-bond donors (Lipinski definition) is 0. The fourth-order valence-electron chi connectivity index (χ4n) is 4.25. The largest absolute Gasteiger partial charge is 0.289 e. The second kappa shape index (κ2) is 4.97. The van der Waals surface area contributed by atoms with E-state index in [9.17, 15) is 0 Å². The molecule has 1 aromatic rings. The van der Waals surface area contributed by atoms with Crippen LogP contribution in [0.15, 0.2) is 49.6 Å². The molecule has 2 heterocycles. The molecular formula is C18H23N. The number of nitrogens with zero attached hydrogens (tertiary/aromatic N) is 1. The Labute approximate surface area is 116 Å². The van der Waals surface area contributed by atoms with Crippen molar-refractivity contribution in [2.75, 3.05) is 6.54 Å². The lowest BCUT2D eigenvalue weighted by Gasteiger charge is -2.55. The van der Waals surface area contributed by atoms with Crippen molar-refractivity contribution < 1.29 is 0 Å². The third-order valence-corrected chi connectivity index (χ3v) is 4.91. The summed E-state index contributed by atoms with van der Waals surface area (Å²) < 4.78 is 0. The van der Waals surface area contributed by atoms with Crippen molar-refractivity contribution >= 4 is 0 Å². The number of piperidine rings is 1. The molecule has 1 heteroatoms. The second-order valence-corrected chi connectivity index (χ2v) is 5.96. The van der Waals surface area contributed by atoms with Gasteiger partial charge in [0, 0.05) is 24.5 Å². The molecule has 4 atom stereocenters. The standard InChI is InChI=1S/C18H23N/c1-4-8-16-18-13(3)12-17(19(16)11-5-2)14-9-6-7-10-15(14)18/h4-7,9-10,13,16-18H,1-2,8,11-12H2,3H3/t13-,16-,17+,18+/m0/s1. The third-order valence-electron chi connectivity index (χ3n) is 4.91. The van der Waals surface area contributed by atoms with Crippen LogP contribution in [0.5, 0.6) is 0 Å². The Morgan fingerprint density at radius 3 is 2.63 bits per heavy atom. The molecule has 0 spiro atoms. The van der Waals surface area contributed by atoms with E-state index in [2.05, 4.69) is 55.3 Å². The van der Waals surface area contributed by atoms with Gasteiger partial charge >= 0.3 is 0 Å². The summed E-state index contributed by atoms with van der Waals surface area (Å²) in [4.78, 5) is 2.64. The third kappa shape index (κ3) is 1.88. The van der Waals surface area contributed by atoms with Crippen molar-refractivity contribution in [3.05, 3.63) is 60.7 Å². The fourth-order valence-corrected chi connectivity index (χ4v) is 4.25. The molecular weight excluding hydrogens is 230 g/mol. The van der Waals surface area contributed by atoms with E-state index in [0.717, 1.165) is 18.9 Å². The highest BCUT2D eigenvalue weighted by Crippen LogP contribution is 2.53. The summed E-state index contributed by atoms with van der Waals surface area (Å²) in [6.07, 6.45) is 6.48. The first-order chi connectivity index (χ1) is 9.27. The highest BCUT2D eigenvalue weighted by molar-refractivity contribution is 5.40. The number of benzene rings is 1. The second-order valence-electron chi connectivity index (χ2n) is 5.96. The zero-order chi connectivity index (χ0) is 13.4. The van der Waals surface area contributed by atoms with E-state index in [-0.39, 0.29) is 0 Å². The summed E-state index contributed by atoms with van der Waals surface area (Å²) in [5.74, 6) is 1.42. The van der Waals surface area contributed by atoms with Crippen LogP contribution in [0.3, 0.4) is 0 Å². The van der Waals surface area contributed by atoms with Crippen molar-refractivity contribution in [3.63, 3.8) is 0 Å². The molecule has 0 aromatic heterocycles. The first kappa shape index (κ1) is 12.7. The van der Waals surface area contributed by atoms with E-state index in [1.165, 1.54) is 6.42 Å². The molecule has 0 radical (unpaired) electrons. The molecule has 1 aliphatic carbocycles. The van der Waals surface area contributed by atoms with E-state index < -0.39 is 0 Å². The molecule has 4 rings (SSSR count). The highest BCUT2D eigenvalue weighted by atomic mass is 15.2. The molecule has 2 aliphatic heterocycles. The van der Waals surface area contributed by atoms with E-state index in [1.54, 1.807) is 11.1 Å². The summed E-state index contributed by atoms with van der Waals surface area (Å²) in [5.41, 5.74) is 3.13. The van der Waals surface area contributed by atoms with Crippen molar-refractivity contribution in [2.45, 2.75) is 37.8 Å². The normalized spacial score (nSPS) is 32.9. The Bertz CT molecular complexity index is 490. The molecule has 1 saturated heterocycles. The van der Waals surface area contributed by atoms with Gasteiger partial charge in [0.25, 0.3) is 0 Å². The maximum absolute atomic E-state index is 3.96. The molecule has 2 bridgehead atoms. The number of hydrogen-bond acceptors (Lipinski definition) is 1. The maximum Gasteiger partial charge on any atom is 0.0360 e. The maximum atomic E-state index is 3.96. The first-order valence-corrected chi connectivity index (χ1v) is 7.34. The van der Waals surface area contributed by atoms with Crippen LogP contribution in [0, 0.1) is 5.92 Å². The predicted octanol–water partition coefficient (Wildman–Crippen LogP) is 4.30. The van der Waals surface area contributed by atoms with Crippen molar-refractivity contribution in [2.24, 2.45) is 5.92 Å². The summed E-state index contributed by atoms with van der Waals surface area (Å²) in [7, 11) is 0. The topological polar surface area (TPSA) is 3.24 Å². The van der Waals surface area contributed by atoms with Crippen LogP contribution in [-0.4, -0.2) is 17.5 Å². The van der Waals surface area contributed by atoms with Gasteiger partial charge in [-0.2, -0.15) is 0 Å². The molecule has 0 N–H and O–H groups in total. The Morgan fingerprint density at radius 2 is 1.95 bits per heavy atom. The lowest BCUT2D eigenvalue weighted by atomic mass is 9.64. The first-order valence-electron chi connectivity index (χ1n) is 7.34. The van der Waals surface area contributed by atoms with Crippen LogP contribution in [0.4, 0.5) is 0 Å². The van der Waals surface area contributed by atoms with Gasteiger partial charge in [-0.25, -0.2) is 0 Å². The lowest BCUT2D eigenvalue weighted by molar-refractivity contribution is 0.0281. The van der Waals surface area contributed by atoms with Gasteiger partial charge in [-0.15, -0.1) is 13.2 Å². The Hall–Kier alpha value is -1.34. The van der Waals surface area contributed by atoms with Crippen molar-refractivity contribution in [3.8, 4) is 0 Å². The van der Waals surface area contributed by atoms with Crippen LogP contribution in [-0.2, 0) is 0 Å². The van der Waals surface area contributed by atoms with E-state index in [0.29, 0.717) is 18.0 Å². The molecule has 0 saturated carbocycles. The summed E-state index contributed by atoms with van der Waals surface area (Å²) >= 11 is 0. The average molecular weight is 253 g/mol. The predicted molar refractivity (Wildman–Crippen MR) is 81.2 cm³/mol. The molecule has 0 amide bonds. The van der Waals surface area contributed by atoms with Crippen molar-refractivity contribution in [1.82, 2.24) is 4.90 Å². The van der Waals surface area contributed by atoms with Gasteiger partial charge in [-0.3, -0.25) is 4.90 Å². The minimum absolute atomic E-state index is 0.569. The van der Waals surface area contributed by atoms with Crippen LogP contribution >= 0.6 is 0 Å². The van der Waals surface area contributed by atoms with Crippen molar-refractivity contribution in [1.29, 1.82) is 0 Å². The zero-order valence-electron chi connectivity index (χ0n) is 11.8. The fraction of sp³-hybridized carbons (Fsp3) is 0.444. The molecule has 0 unspecified atom stereocenters. The van der Waals surface area contributed by atoms with Crippen LogP contribution in [0.2, 0.25) is 0 Å². The van der Waals surface area contributed by atoms with Gasteiger partial charge in [-0.1, -0.05) is 43.3 Å². The minimum Gasteiger partial charge on any atom is -0.289 e. The molecule has 19 heavy (non-hydrogen) atoms. The Kier molecular flexibility index (Phi) is 3.32. The quantitative estimate of drug-likeness (QED) is 0.723. The van der Waals surface area contributed by atoms with Crippen LogP contribution in [0.25, 0.3) is 0 Å². The zero-order valence-corrected chi connectivity index (χ0v) is 11.8. The molecule has 3 aliphatic rings. The van der Waals surface area contributed by atoms with Gasteiger partial charge in [0.2, 0.25) is 0 Å². The smallest absolute Gasteiger partial charge is 0.0360 e. The molecule has 1 nitrogen and oxygen atoms in total. The summed E-state index contributed by atoms with van der Waals surface area (Å²) in [6.45, 7) is 11.3. The van der Waals surface area contributed by atoms with Gasteiger partial charge in [0.1, 0.15) is 0 Å². The van der Waals surface area contributed by atoms with E-state index in [4.69, 9.17) is 0 Å².